The van der Waals surface area contributed by atoms with Crippen LogP contribution in [0.3, 0.4) is 0 Å². The van der Waals surface area contributed by atoms with Crippen molar-refractivity contribution in [2.75, 3.05) is 26.2 Å². The quantitative estimate of drug-likeness (QED) is 0.805. The highest BCUT2D eigenvalue weighted by Gasteiger charge is 2.35. The van der Waals surface area contributed by atoms with Crippen LogP contribution in [0.5, 0.6) is 0 Å². The Labute approximate surface area is 129 Å². The van der Waals surface area contributed by atoms with E-state index in [2.05, 4.69) is 10.2 Å². The number of piperazine rings is 1. The van der Waals surface area contributed by atoms with E-state index in [0.29, 0.717) is 31.9 Å². The van der Waals surface area contributed by atoms with Gasteiger partial charge in [-0.3, -0.25) is 9.59 Å². The molecule has 116 valence electrons. The maximum Gasteiger partial charge on any atom is 0.274 e. The van der Waals surface area contributed by atoms with Gasteiger partial charge in [-0.25, -0.2) is 0 Å². The largest absolute Gasteiger partial charge is 0.339 e. The average molecular weight is 300 g/mol. The molecule has 6 heteroatoms. The standard InChI is InChI=1S/C16H20N4O2/c21-15(11-4-5-11)19-6-8-20(9-7-19)16(22)14-10-12-2-1-3-13(12)17-18-14/h10-11H,1-9H2. The molecule has 0 spiro atoms. The van der Waals surface area contributed by atoms with Crippen LogP contribution in [-0.4, -0.2) is 58.0 Å². The number of hydrogen-bond donors (Lipinski definition) is 0. The number of amides is 2. The van der Waals surface area contributed by atoms with Crippen LogP contribution in [0.4, 0.5) is 0 Å². The van der Waals surface area contributed by atoms with Crippen molar-refractivity contribution >= 4 is 11.8 Å². The highest BCUT2D eigenvalue weighted by molar-refractivity contribution is 5.92. The minimum atomic E-state index is -0.0549. The lowest BCUT2D eigenvalue weighted by Crippen LogP contribution is -2.51. The van der Waals surface area contributed by atoms with E-state index in [0.717, 1.165) is 37.8 Å². The Morgan fingerprint density at radius 2 is 1.73 bits per heavy atom. The molecule has 22 heavy (non-hydrogen) atoms. The van der Waals surface area contributed by atoms with Crippen molar-refractivity contribution < 1.29 is 9.59 Å². The first-order chi connectivity index (χ1) is 10.7. The highest BCUT2D eigenvalue weighted by Crippen LogP contribution is 2.31. The topological polar surface area (TPSA) is 66.4 Å². The van der Waals surface area contributed by atoms with Crippen LogP contribution >= 0.6 is 0 Å². The number of aryl methyl sites for hydroxylation is 2. The van der Waals surface area contributed by atoms with Crippen LogP contribution in [0.25, 0.3) is 0 Å². The zero-order chi connectivity index (χ0) is 15.1. The molecule has 1 aliphatic heterocycles. The Morgan fingerprint density at radius 3 is 2.45 bits per heavy atom. The summed E-state index contributed by atoms with van der Waals surface area (Å²) in [5.41, 5.74) is 2.65. The fourth-order valence-corrected chi connectivity index (χ4v) is 3.31. The monoisotopic (exact) mass is 300 g/mol. The second kappa shape index (κ2) is 5.34. The zero-order valence-corrected chi connectivity index (χ0v) is 12.6. The van der Waals surface area contributed by atoms with Gasteiger partial charge in [0.1, 0.15) is 0 Å². The van der Waals surface area contributed by atoms with Gasteiger partial charge in [-0.05, 0) is 43.7 Å². The number of carbonyl (C=O) groups is 2. The molecule has 0 N–H and O–H groups in total. The lowest BCUT2D eigenvalue weighted by Gasteiger charge is -2.34. The van der Waals surface area contributed by atoms with Gasteiger partial charge in [-0.2, -0.15) is 5.10 Å². The summed E-state index contributed by atoms with van der Waals surface area (Å²) < 4.78 is 0. The van der Waals surface area contributed by atoms with Gasteiger partial charge in [0.15, 0.2) is 5.69 Å². The number of rotatable bonds is 2. The third-order valence-corrected chi connectivity index (χ3v) is 4.84. The molecule has 1 saturated carbocycles. The Kier molecular flexibility index (Phi) is 3.32. The van der Waals surface area contributed by atoms with Crippen LogP contribution < -0.4 is 0 Å². The SMILES string of the molecule is O=C(c1cc2c(nn1)CCC2)N1CCN(C(=O)C2CC2)CC1. The van der Waals surface area contributed by atoms with E-state index < -0.39 is 0 Å². The van der Waals surface area contributed by atoms with Crippen molar-refractivity contribution in [3.63, 3.8) is 0 Å². The summed E-state index contributed by atoms with van der Waals surface area (Å²) in [6.45, 7) is 2.46. The second-order valence-electron chi connectivity index (χ2n) is 6.45. The van der Waals surface area contributed by atoms with Gasteiger partial charge in [0.05, 0.1) is 5.69 Å². The first-order valence-corrected chi connectivity index (χ1v) is 8.16. The van der Waals surface area contributed by atoms with E-state index in [1.165, 1.54) is 5.56 Å². The molecule has 2 heterocycles. The van der Waals surface area contributed by atoms with E-state index in [-0.39, 0.29) is 17.7 Å². The molecule has 0 aromatic carbocycles. The lowest BCUT2D eigenvalue weighted by atomic mass is 10.2. The van der Waals surface area contributed by atoms with Crippen molar-refractivity contribution in [3.05, 3.63) is 23.0 Å². The van der Waals surface area contributed by atoms with E-state index in [9.17, 15) is 9.59 Å². The Morgan fingerprint density at radius 1 is 1.00 bits per heavy atom. The van der Waals surface area contributed by atoms with Gasteiger partial charge in [-0.15, -0.1) is 5.10 Å². The van der Waals surface area contributed by atoms with Crippen LogP contribution in [0, 0.1) is 5.92 Å². The lowest BCUT2D eigenvalue weighted by molar-refractivity contribution is -0.134. The molecule has 0 unspecified atom stereocenters. The molecule has 4 rings (SSSR count). The Balaban J connectivity index is 1.40. The normalized spacial score (nSPS) is 20.9. The predicted molar refractivity (Wildman–Crippen MR) is 79.3 cm³/mol. The smallest absolute Gasteiger partial charge is 0.274 e. The summed E-state index contributed by atoms with van der Waals surface area (Å²) in [4.78, 5) is 28.3. The number of carbonyl (C=O) groups excluding carboxylic acids is 2. The fourth-order valence-electron chi connectivity index (χ4n) is 3.31. The van der Waals surface area contributed by atoms with Crippen molar-refractivity contribution in [2.45, 2.75) is 32.1 Å². The molecule has 0 bridgehead atoms. The molecule has 0 radical (unpaired) electrons. The minimum Gasteiger partial charge on any atom is -0.339 e. The van der Waals surface area contributed by atoms with Gasteiger partial charge >= 0.3 is 0 Å². The van der Waals surface area contributed by atoms with Crippen LogP contribution in [-0.2, 0) is 17.6 Å². The maximum absolute atomic E-state index is 12.5. The van der Waals surface area contributed by atoms with Gasteiger partial charge in [0, 0.05) is 32.1 Å². The van der Waals surface area contributed by atoms with Crippen LogP contribution in [0.1, 0.15) is 41.0 Å². The third kappa shape index (κ3) is 2.46. The molecule has 2 fully saturated rings. The summed E-state index contributed by atoms with van der Waals surface area (Å²) in [6.07, 6.45) is 5.13. The van der Waals surface area contributed by atoms with Crippen molar-refractivity contribution in [1.82, 2.24) is 20.0 Å². The van der Waals surface area contributed by atoms with E-state index >= 15 is 0 Å². The van der Waals surface area contributed by atoms with Crippen molar-refractivity contribution in [3.8, 4) is 0 Å². The summed E-state index contributed by atoms with van der Waals surface area (Å²) in [6, 6.07) is 1.90. The van der Waals surface area contributed by atoms with Crippen LogP contribution in [0.15, 0.2) is 6.07 Å². The number of aromatic nitrogens is 2. The van der Waals surface area contributed by atoms with Crippen molar-refractivity contribution in [1.29, 1.82) is 0 Å². The molecule has 1 saturated heterocycles. The predicted octanol–water partition coefficient (Wildman–Crippen LogP) is 0.660. The molecular weight excluding hydrogens is 280 g/mol. The molecule has 6 nitrogen and oxygen atoms in total. The van der Waals surface area contributed by atoms with Gasteiger partial charge in [-0.1, -0.05) is 0 Å². The highest BCUT2D eigenvalue weighted by atomic mass is 16.2. The van der Waals surface area contributed by atoms with E-state index in [1.54, 1.807) is 4.90 Å². The Bertz CT molecular complexity index is 619. The van der Waals surface area contributed by atoms with Crippen LogP contribution in [0.2, 0.25) is 0 Å². The minimum absolute atomic E-state index is 0.0549. The first-order valence-electron chi connectivity index (χ1n) is 8.16. The third-order valence-electron chi connectivity index (χ3n) is 4.84. The van der Waals surface area contributed by atoms with Gasteiger partial charge in [0.2, 0.25) is 5.91 Å². The van der Waals surface area contributed by atoms with Gasteiger partial charge < -0.3 is 9.80 Å². The van der Waals surface area contributed by atoms with Gasteiger partial charge in [0.25, 0.3) is 5.91 Å². The zero-order valence-electron chi connectivity index (χ0n) is 12.6. The molecule has 1 aromatic rings. The van der Waals surface area contributed by atoms with E-state index in [1.807, 2.05) is 11.0 Å². The summed E-state index contributed by atoms with van der Waals surface area (Å²) >= 11 is 0. The maximum atomic E-state index is 12.5. The number of nitrogens with zero attached hydrogens (tertiary/aromatic N) is 4. The second-order valence-corrected chi connectivity index (χ2v) is 6.45. The number of fused-ring (bicyclic) bond motifs is 1. The average Bonchev–Trinajstić information content (AvgIpc) is 3.31. The molecule has 0 atom stereocenters. The Hall–Kier alpha value is -1.98. The summed E-state index contributed by atoms with van der Waals surface area (Å²) in [5.74, 6) is 0.468. The summed E-state index contributed by atoms with van der Waals surface area (Å²) in [5, 5.41) is 8.28. The molecule has 1 aromatic heterocycles. The fraction of sp³-hybridized carbons (Fsp3) is 0.625. The number of hydrogen-bond acceptors (Lipinski definition) is 4. The molecule has 2 aliphatic carbocycles. The molecule has 3 aliphatic rings. The molecule has 2 amide bonds. The molecular formula is C16H20N4O2. The summed E-state index contributed by atoms with van der Waals surface area (Å²) in [7, 11) is 0. The van der Waals surface area contributed by atoms with Crippen molar-refractivity contribution in [2.24, 2.45) is 5.92 Å². The first kappa shape index (κ1) is 13.7. The van der Waals surface area contributed by atoms with E-state index in [4.69, 9.17) is 0 Å².